The largest absolute Gasteiger partial charge is 0.416 e. The van der Waals surface area contributed by atoms with Crippen LogP contribution in [0.3, 0.4) is 0 Å². The first-order valence-corrected chi connectivity index (χ1v) is 11.1. The molecule has 1 fully saturated rings. The highest BCUT2D eigenvalue weighted by atomic mass is 19.4. The second-order valence-corrected chi connectivity index (χ2v) is 8.04. The van der Waals surface area contributed by atoms with Gasteiger partial charge in [-0.25, -0.2) is 0 Å². The highest BCUT2D eigenvalue weighted by Gasteiger charge is 2.40. The van der Waals surface area contributed by atoms with Crippen molar-refractivity contribution in [1.82, 2.24) is 20.9 Å². The normalized spacial score (nSPS) is 24.8. The first kappa shape index (κ1) is 23.9. The van der Waals surface area contributed by atoms with Crippen LogP contribution in [0.4, 0.5) is 13.2 Å². The van der Waals surface area contributed by atoms with Gasteiger partial charge in [0.15, 0.2) is 0 Å². The molecule has 0 saturated carbocycles. The van der Waals surface area contributed by atoms with Crippen LogP contribution in [0.2, 0.25) is 0 Å². The van der Waals surface area contributed by atoms with Crippen LogP contribution in [-0.4, -0.2) is 55.6 Å². The molecule has 174 valence electrons. The number of allylic oxidation sites excluding steroid dienone is 5. The zero-order chi connectivity index (χ0) is 23.1. The molecule has 32 heavy (non-hydrogen) atoms. The van der Waals surface area contributed by atoms with Gasteiger partial charge in [-0.3, -0.25) is 4.99 Å². The second kappa shape index (κ2) is 10.7. The fraction of sp³-hybridized carbons (Fsp3) is 0.458. The summed E-state index contributed by atoms with van der Waals surface area (Å²) in [4.78, 5) is 6.34. The van der Waals surface area contributed by atoms with E-state index in [1.165, 1.54) is 0 Å². The molecule has 0 bridgehead atoms. The van der Waals surface area contributed by atoms with Crippen molar-refractivity contribution in [2.45, 2.75) is 39.4 Å². The van der Waals surface area contributed by atoms with Crippen molar-refractivity contribution in [1.29, 1.82) is 0 Å². The van der Waals surface area contributed by atoms with Crippen LogP contribution in [-0.2, 0) is 0 Å². The number of piperazine rings is 1. The predicted molar refractivity (Wildman–Crippen MR) is 124 cm³/mol. The topological polar surface area (TPSA) is 51.7 Å². The first-order chi connectivity index (χ1) is 15.3. The van der Waals surface area contributed by atoms with Gasteiger partial charge in [-0.2, -0.15) is 13.2 Å². The van der Waals surface area contributed by atoms with Crippen molar-refractivity contribution >= 4 is 5.71 Å². The zero-order valence-corrected chi connectivity index (χ0v) is 18.9. The summed E-state index contributed by atoms with van der Waals surface area (Å²) >= 11 is 0. The van der Waals surface area contributed by atoms with E-state index in [1.807, 2.05) is 43.1 Å². The molecule has 8 heteroatoms. The molecule has 1 unspecified atom stereocenters. The number of dihydropyridines is 1. The van der Waals surface area contributed by atoms with Crippen molar-refractivity contribution < 1.29 is 13.2 Å². The molecule has 0 aromatic rings. The van der Waals surface area contributed by atoms with Crippen LogP contribution in [0.25, 0.3) is 0 Å². The molecule has 2 heterocycles. The number of hydrogen-bond acceptors (Lipinski definition) is 5. The van der Waals surface area contributed by atoms with E-state index in [1.54, 1.807) is 12.4 Å². The molecule has 0 spiro atoms. The molecular weight excluding hydrogens is 415 g/mol. The summed E-state index contributed by atoms with van der Waals surface area (Å²) in [6.07, 6.45) is 9.84. The van der Waals surface area contributed by atoms with Gasteiger partial charge in [0, 0.05) is 51.2 Å². The minimum Gasteiger partial charge on any atom is -0.385 e. The fourth-order valence-electron chi connectivity index (χ4n) is 3.99. The van der Waals surface area contributed by atoms with Crippen LogP contribution >= 0.6 is 0 Å². The minimum atomic E-state index is -4.40. The number of aliphatic imine (C=N–C) groups is 1. The van der Waals surface area contributed by atoms with Gasteiger partial charge in [0.25, 0.3) is 0 Å². The Bertz CT molecular complexity index is 903. The summed E-state index contributed by atoms with van der Waals surface area (Å²) in [6.45, 7) is 7.85. The zero-order valence-electron chi connectivity index (χ0n) is 18.9. The van der Waals surface area contributed by atoms with E-state index in [0.717, 1.165) is 23.3 Å². The molecule has 0 amide bonds. The van der Waals surface area contributed by atoms with Gasteiger partial charge in [-0.15, -0.1) is 0 Å². The number of alkyl halides is 3. The van der Waals surface area contributed by atoms with E-state index in [9.17, 15) is 13.2 Å². The maximum absolute atomic E-state index is 13.9. The number of hydrogen-bond donors (Lipinski definition) is 3. The molecule has 5 nitrogen and oxygen atoms in total. The number of nitrogens with one attached hydrogen (secondary N) is 3. The monoisotopic (exact) mass is 447 g/mol. The average Bonchev–Trinajstić information content (AvgIpc) is 2.76. The third kappa shape index (κ3) is 5.94. The highest BCUT2D eigenvalue weighted by molar-refractivity contribution is 6.12. The Morgan fingerprint density at radius 1 is 1.31 bits per heavy atom. The van der Waals surface area contributed by atoms with Crippen LogP contribution in [0, 0.1) is 0 Å². The van der Waals surface area contributed by atoms with Gasteiger partial charge in [-0.05, 0) is 37.5 Å². The van der Waals surface area contributed by atoms with Crippen molar-refractivity contribution in [3.63, 3.8) is 0 Å². The number of rotatable bonds is 6. The smallest absolute Gasteiger partial charge is 0.385 e. The van der Waals surface area contributed by atoms with Gasteiger partial charge in [0.05, 0.1) is 22.7 Å². The van der Waals surface area contributed by atoms with E-state index in [0.29, 0.717) is 31.9 Å². The Labute approximate surface area is 188 Å². The van der Waals surface area contributed by atoms with E-state index in [-0.39, 0.29) is 18.3 Å². The molecule has 1 aliphatic carbocycles. The Morgan fingerprint density at radius 3 is 2.81 bits per heavy atom. The molecule has 2 aliphatic heterocycles. The van der Waals surface area contributed by atoms with Gasteiger partial charge in [-0.1, -0.05) is 31.2 Å². The SMILES string of the molecule is C\C=C/N=C1\C=C(CNC2=CNCC(C(F)(F)F)=C2N2CCNC(C)C2)C=C\C1=C/CC. The van der Waals surface area contributed by atoms with Crippen LogP contribution in [0.1, 0.15) is 27.2 Å². The maximum atomic E-state index is 13.9. The van der Waals surface area contributed by atoms with E-state index in [4.69, 9.17) is 0 Å². The van der Waals surface area contributed by atoms with Crippen molar-refractivity contribution in [2.75, 3.05) is 32.7 Å². The molecule has 1 atom stereocenters. The maximum Gasteiger partial charge on any atom is 0.416 e. The van der Waals surface area contributed by atoms with Crippen molar-refractivity contribution in [3.05, 3.63) is 70.9 Å². The Morgan fingerprint density at radius 2 is 2.12 bits per heavy atom. The average molecular weight is 448 g/mol. The Balaban J connectivity index is 1.84. The van der Waals surface area contributed by atoms with Crippen LogP contribution < -0.4 is 16.0 Å². The van der Waals surface area contributed by atoms with Crippen molar-refractivity contribution in [3.8, 4) is 0 Å². The third-order valence-corrected chi connectivity index (χ3v) is 5.46. The molecule has 0 radical (unpaired) electrons. The third-order valence-electron chi connectivity index (χ3n) is 5.46. The highest BCUT2D eigenvalue weighted by Crippen LogP contribution is 2.34. The van der Waals surface area contributed by atoms with Gasteiger partial charge in [0.1, 0.15) is 0 Å². The minimum absolute atomic E-state index is 0.125. The lowest BCUT2D eigenvalue weighted by Gasteiger charge is -2.39. The quantitative estimate of drug-likeness (QED) is 0.578. The summed E-state index contributed by atoms with van der Waals surface area (Å²) in [6, 6.07) is 0.125. The lowest BCUT2D eigenvalue weighted by Crippen LogP contribution is -2.51. The van der Waals surface area contributed by atoms with Gasteiger partial charge < -0.3 is 20.9 Å². The summed E-state index contributed by atoms with van der Waals surface area (Å²) in [5.74, 6) is 0. The molecule has 3 rings (SSSR count). The Hall–Kier alpha value is -2.74. The molecule has 3 aliphatic rings. The van der Waals surface area contributed by atoms with E-state index >= 15 is 0 Å². The van der Waals surface area contributed by atoms with E-state index in [2.05, 4.69) is 33.9 Å². The van der Waals surface area contributed by atoms with Crippen LogP contribution in [0.15, 0.2) is 75.9 Å². The standard InChI is InChI=1S/C24H32F3N5/c1-4-6-19-8-7-18(12-21(19)30-9-5-2)13-31-22-15-28-14-20(24(25,26)27)23(22)32-11-10-29-17(3)16-32/h5-9,12,15,17,28-29,31H,4,10-11,13-14,16H2,1-3H3/b9-5-,19-6+,30-21+. The fourth-order valence-corrected chi connectivity index (χ4v) is 3.99. The summed E-state index contributed by atoms with van der Waals surface area (Å²) in [5.41, 5.74) is 3.03. The van der Waals surface area contributed by atoms with Crippen molar-refractivity contribution in [2.24, 2.45) is 4.99 Å². The lowest BCUT2D eigenvalue weighted by molar-refractivity contribution is -0.0952. The summed E-state index contributed by atoms with van der Waals surface area (Å²) < 4.78 is 41.6. The molecule has 3 N–H and O–H groups in total. The number of halogens is 3. The van der Waals surface area contributed by atoms with Crippen LogP contribution in [0.5, 0.6) is 0 Å². The Kier molecular flexibility index (Phi) is 8.01. The molecule has 1 saturated heterocycles. The van der Waals surface area contributed by atoms with Gasteiger partial charge in [0.2, 0.25) is 0 Å². The summed E-state index contributed by atoms with van der Waals surface area (Å²) in [7, 11) is 0. The lowest BCUT2D eigenvalue weighted by atomic mass is 9.98. The molecular formula is C24H32F3N5. The second-order valence-electron chi connectivity index (χ2n) is 8.04. The number of nitrogens with zero attached hydrogens (tertiary/aromatic N) is 2. The summed E-state index contributed by atoms with van der Waals surface area (Å²) in [5, 5.41) is 9.34. The van der Waals surface area contributed by atoms with Gasteiger partial charge >= 0.3 is 6.18 Å². The first-order valence-electron chi connectivity index (χ1n) is 11.1. The predicted octanol–water partition coefficient (Wildman–Crippen LogP) is 3.94. The molecule has 0 aromatic heterocycles. The molecule has 0 aromatic carbocycles. The van der Waals surface area contributed by atoms with E-state index < -0.39 is 11.7 Å².